The molecule has 0 aliphatic carbocycles. The molecule has 1 fully saturated rings. The van der Waals surface area contributed by atoms with E-state index in [4.69, 9.17) is 0 Å². The lowest BCUT2D eigenvalue weighted by atomic mass is 9.80. The Morgan fingerprint density at radius 3 is 2.21 bits per heavy atom. The Bertz CT molecular complexity index is 812. The van der Waals surface area contributed by atoms with E-state index in [1.165, 1.54) is 0 Å². The number of likely N-dealkylation sites (tertiary alicyclic amines) is 1. The van der Waals surface area contributed by atoms with Crippen LogP contribution in [0.3, 0.4) is 0 Å². The van der Waals surface area contributed by atoms with Crippen LogP contribution in [0.4, 0.5) is 0 Å². The second kappa shape index (κ2) is 5.79. The van der Waals surface area contributed by atoms with E-state index in [1.54, 1.807) is 6.20 Å². The Morgan fingerprint density at radius 1 is 1.00 bits per heavy atom. The molecule has 3 rings (SSSR count). The number of carbonyl (C=O) groups excluding carboxylic acids is 1. The predicted octanol–water partition coefficient (Wildman–Crippen LogP) is 3.38. The van der Waals surface area contributed by atoms with E-state index in [2.05, 4.69) is 30.7 Å². The van der Waals surface area contributed by atoms with Gasteiger partial charge in [-0.05, 0) is 51.5 Å². The Balaban J connectivity index is 1.86. The maximum absolute atomic E-state index is 12.7. The van der Waals surface area contributed by atoms with E-state index in [9.17, 15) is 4.79 Å². The molecule has 2 aromatic rings. The summed E-state index contributed by atoms with van der Waals surface area (Å²) in [7, 11) is 1.87. The maximum Gasteiger partial charge on any atom is 0.234 e. The normalized spacial score (nSPS) is 22.2. The molecule has 3 nitrogen and oxygen atoms in total. The number of likely N-dealkylation sites (N-methyl/N-ethyl adjacent to an activating group) is 1. The zero-order chi connectivity index (χ0) is 17.4. The third-order valence-electron chi connectivity index (χ3n) is 4.92. The van der Waals surface area contributed by atoms with Gasteiger partial charge in [-0.15, -0.1) is 0 Å². The van der Waals surface area contributed by atoms with Crippen LogP contribution in [0.15, 0.2) is 48.7 Å². The van der Waals surface area contributed by atoms with Crippen LogP contribution >= 0.6 is 0 Å². The first-order valence-electron chi connectivity index (χ1n) is 8.15. The van der Waals surface area contributed by atoms with Crippen molar-refractivity contribution in [1.82, 2.24) is 9.88 Å². The van der Waals surface area contributed by atoms with Gasteiger partial charge in [0.25, 0.3) is 0 Å². The summed E-state index contributed by atoms with van der Waals surface area (Å²) >= 11 is 0. The van der Waals surface area contributed by atoms with Gasteiger partial charge in [0.2, 0.25) is 5.91 Å². The minimum absolute atomic E-state index is 0.128. The first-order valence-corrected chi connectivity index (χ1v) is 8.15. The lowest BCUT2D eigenvalue weighted by molar-refractivity contribution is -0.132. The predicted molar refractivity (Wildman–Crippen MR) is 95.5 cm³/mol. The molecule has 2 heterocycles. The van der Waals surface area contributed by atoms with E-state index in [-0.39, 0.29) is 11.4 Å². The molecule has 0 radical (unpaired) electrons. The van der Waals surface area contributed by atoms with Gasteiger partial charge >= 0.3 is 0 Å². The summed E-state index contributed by atoms with van der Waals surface area (Å²) in [6.45, 7) is 6.17. The van der Waals surface area contributed by atoms with Gasteiger partial charge in [-0.2, -0.15) is 0 Å². The smallest absolute Gasteiger partial charge is 0.234 e. The van der Waals surface area contributed by atoms with E-state index in [0.717, 1.165) is 23.2 Å². The van der Waals surface area contributed by atoms with Crippen molar-refractivity contribution in [3.05, 3.63) is 65.5 Å². The van der Waals surface area contributed by atoms with Gasteiger partial charge in [0.1, 0.15) is 0 Å². The molecule has 1 aromatic carbocycles. The highest BCUT2D eigenvalue weighted by Crippen LogP contribution is 2.42. The quantitative estimate of drug-likeness (QED) is 0.755. The van der Waals surface area contributed by atoms with Crippen molar-refractivity contribution in [3.63, 3.8) is 0 Å². The lowest BCUT2D eigenvalue weighted by Crippen LogP contribution is -2.38. The molecule has 1 unspecified atom stereocenters. The molecule has 0 N–H and O–H groups in total. The molecule has 3 heteroatoms. The topological polar surface area (TPSA) is 33.2 Å². The Kier molecular flexibility index (Phi) is 3.93. The highest BCUT2D eigenvalue weighted by Gasteiger charge is 2.52. The second-order valence-corrected chi connectivity index (χ2v) is 7.23. The van der Waals surface area contributed by atoms with E-state index >= 15 is 0 Å². The van der Waals surface area contributed by atoms with Crippen LogP contribution in [0.5, 0.6) is 0 Å². The number of amides is 1. The van der Waals surface area contributed by atoms with Gasteiger partial charge in [-0.3, -0.25) is 9.78 Å². The molecule has 1 atom stereocenters. The summed E-state index contributed by atoms with van der Waals surface area (Å²) in [4.78, 5) is 19.1. The molecule has 122 valence electrons. The summed E-state index contributed by atoms with van der Waals surface area (Å²) in [6, 6.07) is 13.7. The van der Waals surface area contributed by atoms with Gasteiger partial charge in [0.05, 0.1) is 11.1 Å². The van der Waals surface area contributed by atoms with Crippen LogP contribution in [0, 0.1) is 11.8 Å². The highest BCUT2D eigenvalue weighted by molar-refractivity contribution is 5.90. The fraction of sp³-hybridized carbons (Fsp3) is 0.333. The van der Waals surface area contributed by atoms with Crippen molar-refractivity contribution in [3.8, 4) is 11.8 Å². The number of carbonyl (C=O) groups is 1. The van der Waals surface area contributed by atoms with Crippen molar-refractivity contribution in [2.75, 3.05) is 7.05 Å². The lowest BCUT2D eigenvalue weighted by Gasteiger charge is -2.26. The van der Waals surface area contributed by atoms with Crippen LogP contribution in [0.25, 0.3) is 0 Å². The number of pyridine rings is 1. The molecule has 1 aliphatic rings. The molecule has 0 spiro atoms. The maximum atomic E-state index is 12.7. The molecule has 1 aliphatic heterocycles. The largest absolute Gasteiger partial charge is 0.340 e. The summed E-state index contributed by atoms with van der Waals surface area (Å²) < 4.78 is 0. The van der Waals surface area contributed by atoms with Crippen molar-refractivity contribution in [1.29, 1.82) is 0 Å². The third kappa shape index (κ3) is 2.80. The number of benzene rings is 1. The fourth-order valence-electron chi connectivity index (χ4n) is 3.36. The summed E-state index contributed by atoms with van der Waals surface area (Å²) in [6.07, 6.45) is 2.52. The van der Waals surface area contributed by atoms with Gasteiger partial charge in [-0.1, -0.05) is 30.0 Å². The highest BCUT2D eigenvalue weighted by atomic mass is 16.2. The average molecular weight is 318 g/mol. The van der Waals surface area contributed by atoms with Gasteiger partial charge in [-0.25, -0.2) is 0 Å². The van der Waals surface area contributed by atoms with Crippen molar-refractivity contribution < 1.29 is 4.79 Å². The minimum atomic E-state index is -0.566. The first-order chi connectivity index (χ1) is 11.3. The zero-order valence-corrected chi connectivity index (χ0v) is 14.6. The van der Waals surface area contributed by atoms with Crippen LogP contribution in [-0.2, 0) is 10.2 Å². The van der Waals surface area contributed by atoms with Crippen LogP contribution in [0.1, 0.15) is 44.0 Å². The standard InChI is InChI=1S/C21H22N2O/c1-20(2)15-21(3,19(24)23(20)4)18-13-12-17(14-22-18)11-10-16-8-6-5-7-9-16/h5-9,12-14H,15H2,1-4H3. The zero-order valence-electron chi connectivity index (χ0n) is 14.6. The van der Waals surface area contributed by atoms with Gasteiger partial charge in [0, 0.05) is 29.9 Å². The summed E-state index contributed by atoms with van der Waals surface area (Å²) in [5.41, 5.74) is 1.92. The fourth-order valence-corrected chi connectivity index (χ4v) is 3.36. The van der Waals surface area contributed by atoms with E-state index < -0.39 is 5.41 Å². The van der Waals surface area contributed by atoms with Crippen LogP contribution in [0.2, 0.25) is 0 Å². The Labute approximate surface area is 143 Å². The summed E-state index contributed by atoms with van der Waals surface area (Å²) in [5.74, 6) is 6.37. The van der Waals surface area contributed by atoms with Gasteiger partial charge in [0.15, 0.2) is 0 Å². The van der Waals surface area contributed by atoms with Crippen molar-refractivity contribution in [2.45, 2.75) is 38.1 Å². The molecule has 1 aromatic heterocycles. The molecular formula is C21H22N2O. The third-order valence-corrected chi connectivity index (χ3v) is 4.92. The van der Waals surface area contributed by atoms with Crippen LogP contribution < -0.4 is 0 Å². The SMILES string of the molecule is CN1C(=O)C(C)(c2ccc(C#Cc3ccccc3)cn2)CC1(C)C. The Morgan fingerprint density at radius 2 is 1.67 bits per heavy atom. The number of aromatic nitrogens is 1. The van der Waals surface area contributed by atoms with E-state index in [1.807, 2.05) is 61.3 Å². The number of nitrogens with zero attached hydrogens (tertiary/aromatic N) is 2. The van der Waals surface area contributed by atoms with Crippen molar-refractivity contribution in [2.24, 2.45) is 0 Å². The molecule has 24 heavy (non-hydrogen) atoms. The van der Waals surface area contributed by atoms with E-state index in [0.29, 0.717) is 0 Å². The molecule has 0 saturated carbocycles. The molecule has 1 saturated heterocycles. The summed E-state index contributed by atoms with van der Waals surface area (Å²) in [5, 5.41) is 0. The molecular weight excluding hydrogens is 296 g/mol. The van der Waals surface area contributed by atoms with Crippen molar-refractivity contribution >= 4 is 5.91 Å². The molecule has 1 amide bonds. The number of hydrogen-bond acceptors (Lipinski definition) is 2. The van der Waals surface area contributed by atoms with Gasteiger partial charge < -0.3 is 4.90 Å². The molecule has 0 bridgehead atoms. The second-order valence-electron chi connectivity index (χ2n) is 7.23. The first kappa shape index (κ1) is 16.3. The minimum Gasteiger partial charge on any atom is -0.340 e. The number of rotatable bonds is 1. The van der Waals surface area contributed by atoms with Crippen LogP contribution in [-0.4, -0.2) is 28.4 Å². The number of hydrogen-bond donors (Lipinski definition) is 0. The monoisotopic (exact) mass is 318 g/mol. The Hall–Kier alpha value is -2.60. The average Bonchev–Trinajstić information content (AvgIpc) is 2.74.